The van der Waals surface area contributed by atoms with Crippen LogP contribution in [0.3, 0.4) is 0 Å². The summed E-state index contributed by atoms with van der Waals surface area (Å²) >= 11 is 4.57. The summed E-state index contributed by atoms with van der Waals surface area (Å²) < 4.78 is 10.2. The zero-order valence-corrected chi connectivity index (χ0v) is 14.2. The Labute approximate surface area is 139 Å². The lowest BCUT2D eigenvalue weighted by Crippen LogP contribution is -2.48. The summed E-state index contributed by atoms with van der Waals surface area (Å²) in [6.45, 7) is 0.688. The number of esters is 1. The highest BCUT2D eigenvalue weighted by molar-refractivity contribution is 9.10. The second kappa shape index (κ2) is 7.68. The van der Waals surface area contributed by atoms with Crippen LogP contribution in [0.15, 0.2) is 21.2 Å². The molecular weight excluding hydrogens is 376 g/mol. The van der Waals surface area contributed by atoms with Crippen molar-refractivity contribution in [2.75, 3.05) is 32.5 Å². The smallest absolute Gasteiger partial charge is 0.320 e. The molecule has 1 aromatic rings. The van der Waals surface area contributed by atoms with E-state index < -0.39 is 5.91 Å². The van der Waals surface area contributed by atoms with Crippen LogP contribution in [-0.2, 0) is 14.3 Å². The van der Waals surface area contributed by atoms with Crippen LogP contribution in [0.1, 0.15) is 10.6 Å². The molecule has 1 N–H and O–H groups in total. The number of rotatable bonds is 4. The molecule has 2 heterocycles. The van der Waals surface area contributed by atoms with E-state index in [0.29, 0.717) is 23.5 Å². The molecule has 1 saturated heterocycles. The fraction of sp³-hybridized carbons (Fsp3) is 0.462. The fourth-order valence-electron chi connectivity index (χ4n) is 1.94. The van der Waals surface area contributed by atoms with E-state index in [-0.39, 0.29) is 29.4 Å². The van der Waals surface area contributed by atoms with Crippen LogP contribution in [0.4, 0.5) is 0 Å². The number of furan rings is 1. The maximum Gasteiger partial charge on any atom is 0.320 e. The summed E-state index contributed by atoms with van der Waals surface area (Å²) in [6.07, 6.45) is 0. The number of nitrogens with zero attached hydrogens (tertiary/aromatic N) is 1. The van der Waals surface area contributed by atoms with Crippen molar-refractivity contribution in [1.82, 2.24) is 10.2 Å². The van der Waals surface area contributed by atoms with Crippen LogP contribution in [0.2, 0.25) is 0 Å². The van der Waals surface area contributed by atoms with Gasteiger partial charge in [0.2, 0.25) is 5.91 Å². The average molecular weight is 391 g/mol. The van der Waals surface area contributed by atoms with Crippen LogP contribution < -0.4 is 5.32 Å². The quantitative estimate of drug-likeness (QED) is 0.767. The molecular formula is C13H15BrN2O5S. The highest BCUT2D eigenvalue weighted by atomic mass is 79.9. The van der Waals surface area contributed by atoms with Crippen LogP contribution in [0, 0.1) is 0 Å². The lowest BCUT2D eigenvalue weighted by Gasteiger charge is -2.31. The first-order valence-corrected chi connectivity index (χ1v) is 8.36. The van der Waals surface area contributed by atoms with Gasteiger partial charge in [-0.2, -0.15) is 0 Å². The molecule has 120 valence electrons. The van der Waals surface area contributed by atoms with E-state index in [1.165, 1.54) is 24.9 Å². The maximum absolute atomic E-state index is 12.1. The van der Waals surface area contributed by atoms with Gasteiger partial charge in [0.1, 0.15) is 5.25 Å². The summed E-state index contributed by atoms with van der Waals surface area (Å²) in [5, 5.41) is 2.12. The van der Waals surface area contributed by atoms with E-state index in [1.807, 2.05) is 0 Å². The van der Waals surface area contributed by atoms with Gasteiger partial charge in [0, 0.05) is 18.8 Å². The molecule has 0 radical (unpaired) electrons. The molecule has 0 spiro atoms. The van der Waals surface area contributed by atoms with E-state index in [0.717, 1.165) is 0 Å². The van der Waals surface area contributed by atoms with Gasteiger partial charge in [-0.1, -0.05) is 0 Å². The molecule has 2 rings (SSSR count). The molecule has 0 unspecified atom stereocenters. The third-order valence-corrected chi connectivity index (χ3v) is 4.67. The first-order valence-electron chi connectivity index (χ1n) is 6.52. The van der Waals surface area contributed by atoms with Crippen molar-refractivity contribution >= 4 is 45.5 Å². The minimum Gasteiger partial charge on any atom is -0.468 e. The number of thioether (sulfide) groups is 1. The number of carbonyl (C=O) groups excluding carboxylic acids is 3. The highest BCUT2D eigenvalue weighted by Gasteiger charge is 2.29. The number of halogens is 1. The van der Waals surface area contributed by atoms with Crippen molar-refractivity contribution in [3.8, 4) is 0 Å². The molecule has 0 saturated carbocycles. The number of hydrogen-bond acceptors (Lipinski definition) is 6. The molecule has 0 aromatic carbocycles. The van der Waals surface area contributed by atoms with Gasteiger partial charge in [-0.25, -0.2) is 0 Å². The molecule has 7 nitrogen and oxygen atoms in total. The molecule has 2 amide bonds. The lowest BCUT2D eigenvalue weighted by molar-refractivity contribution is -0.141. The zero-order valence-electron chi connectivity index (χ0n) is 11.8. The van der Waals surface area contributed by atoms with E-state index in [1.54, 1.807) is 11.0 Å². The standard InChI is InChI=1S/C13H15BrN2O5S/c1-20-13(19)9-7-16(4-5-22-9)11(17)6-15-12(18)8-2-3-10(14)21-8/h2-3,9H,4-7H2,1H3,(H,15,18)/t9-/m0/s1. The molecule has 0 bridgehead atoms. The van der Waals surface area contributed by atoms with Gasteiger partial charge in [-0.05, 0) is 28.1 Å². The van der Waals surface area contributed by atoms with Crippen molar-refractivity contribution in [2.24, 2.45) is 0 Å². The first-order chi connectivity index (χ1) is 10.5. The molecule has 1 atom stereocenters. The summed E-state index contributed by atoms with van der Waals surface area (Å²) in [5.74, 6) is -0.263. The topological polar surface area (TPSA) is 88.9 Å². The minimum absolute atomic E-state index is 0.126. The van der Waals surface area contributed by atoms with E-state index in [4.69, 9.17) is 9.15 Å². The largest absolute Gasteiger partial charge is 0.468 e. The second-order valence-electron chi connectivity index (χ2n) is 4.51. The Hall–Kier alpha value is -1.48. The number of carbonyl (C=O) groups is 3. The third kappa shape index (κ3) is 4.26. The molecule has 0 aliphatic carbocycles. The summed E-state index contributed by atoms with van der Waals surface area (Å²) in [5.41, 5.74) is 0. The maximum atomic E-state index is 12.1. The van der Waals surface area contributed by atoms with Crippen molar-refractivity contribution < 1.29 is 23.5 Å². The van der Waals surface area contributed by atoms with Crippen LogP contribution in [0.25, 0.3) is 0 Å². The fourth-order valence-corrected chi connectivity index (χ4v) is 3.38. The molecule has 9 heteroatoms. The van der Waals surface area contributed by atoms with E-state index in [2.05, 4.69) is 21.2 Å². The van der Waals surface area contributed by atoms with Crippen molar-refractivity contribution in [1.29, 1.82) is 0 Å². The Balaban J connectivity index is 1.84. The van der Waals surface area contributed by atoms with Crippen molar-refractivity contribution in [3.63, 3.8) is 0 Å². The molecule has 1 aromatic heterocycles. The number of ether oxygens (including phenoxy) is 1. The average Bonchev–Trinajstić information content (AvgIpc) is 2.98. The Bertz CT molecular complexity index is 577. The highest BCUT2D eigenvalue weighted by Crippen LogP contribution is 2.19. The Morgan fingerprint density at radius 2 is 2.27 bits per heavy atom. The molecule has 1 aliphatic rings. The first kappa shape index (κ1) is 16.9. The van der Waals surface area contributed by atoms with Gasteiger partial charge in [0.25, 0.3) is 5.91 Å². The SMILES string of the molecule is COC(=O)[C@@H]1CN(C(=O)CNC(=O)c2ccc(Br)o2)CCS1. The van der Waals surface area contributed by atoms with Crippen LogP contribution >= 0.6 is 27.7 Å². The van der Waals surface area contributed by atoms with Crippen molar-refractivity contribution in [2.45, 2.75) is 5.25 Å². The van der Waals surface area contributed by atoms with Crippen molar-refractivity contribution in [3.05, 3.63) is 22.6 Å². The zero-order chi connectivity index (χ0) is 16.1. The number of nitrogens with one attached hydrogen (secondary N) is 1. The van der Waals surface area contributed by atoms with Crippen LogP contribution in [-0.4, -0.2) is 60.4 Å². The Morgan fingerprint density at radius 3 is 2.91 bits per heavy atom. The number of methoxy groups -OCH3 is 1. The predicted molar refractivity (Wildman–Crippen MR) is 83.6 cm³/mol. The van der Waals surface area contributed by atoms with Gasteiger partial charge >= 0.3 is 5.97 Å². The van der Waals surface area contributed by atoms with Crippen LogP contribution in [0.5, 0.6) is 0 Å². The predicted octanol–water partition coefficient (Wildman–Crippen LogP) is 0.889. The van der Waals surface area contributed by atoms with Gasteiger partial charge < -0.3 is 19.4 Å². The Morgan fingerprint density at radius 1 is 1.50 bits per heavy atom. The van der Waals surface area contributed by atoms with Gasteiger partial charge in [0.15, 0.2) is 10.4 Å². The molecule has 1 aliphatic heterocycles. The van der Waals surface area contributed by atoms with Gasteiger partial charge in [-0.15, -0.1) is 11.8 Å². The van der Waals surface area contributed by atoms with E-state index >= 15 is 0 Å². The molecule has 1 fully saturated rings. The van der Waals surface area contributed by atoms with Gasteiger partial charge in [-0.3, -0.25) is 14.4 Å². The van der Waals surface area contributed by atoms with E-state index in [9.17, 15) is 14.4 Å². The monoisotopic (exact) mass is 390 g/mol. The lowest BCUT2D eigenvalue weighted by atomic mass is 10.3. The second-order valence-corrected chi connectivity index (χ2v) is 6.60. The third-order valence-electron chi connectivity index (χ3n) is 3.08. The minimum atomic E-state index is -0.463. The number of amides is 2. The summed E-state index contributed by atoms with van der Waals surface area (Å²) in [7, 11) is 1.32. The number of hydrogen-bond donors (Lipinski definition) is 1. The Kier molecular flexibility index (Phi) is 5.90. The van der Waals surface area contributed by atoms with Gasteiger partial charge in [0.05, 0.1) is 13.7 Å². The normalized spacial score (nSPS) is 17.9. The molecule has 22 heavy (non-hydrogen) atoms. The summed E-state index contributed by atoms with van der Waals surface area (Å²) in [6, 6.07) is 3.11. The summed E-state index contributed by atoms with van der Waals surface area (Å²) in [4.78, 5) is 37.0.